The highest BCUT2D eigenvalue weighted by atomic mass is 16.5. The van der Waals surface area contributed by atoms with Crippen molar-refractivity contribution < 1.29 is 14.3 Å². The number of hydrogen-bond donors (Lipinski definition) is 0. The van der Waals surface area contributed by atoms with E-state index in [1.165, 1.54) is 12.0 Å². The zero-order valence-electron chi connectivity index (χ0n) is 19.4. The minimum atomic E-state index is -0.334. The van der Waals surface area contributed by atoms with E-state index in [0.717, 1.165) is 44.0 Å². The van der Waals surface area contributed by atoms with E-state index in [1.54, 1.807) is 12.0 Å². The molecule has 2 unspecified atom stereocenters. The number of rotatable bonds is 6. The molecule has 3 fully saturated rings. The summed E-state index contributed by atoms with van der Waals surface area (Å²) in [6.07, 6.45) is 2.28. The number of nitrogens with zero attached hydrogens (tertiary/aromatic N) is 3. The molecule has 0 aliphatic carbocycles. The van der Waals surface area contributed by atoms with Crippen LogP contribution in [0.2, 0.25) is 0 Å². The predicted molar refractivity (Wildman–Crippen MR) is 126 cm³/mol. The minimum absolute atomic E-state index is 0.0791. The van der Waals surface area contributed by atoms with E-state index in [1.807, 2.05) is 24.3 Å². The number of likely N-dealkylation sites (tertiary alicyclic amines) is 3. The lowest BCUT2D eigenvalue weighted by Crippen LogP contribution is -2.57. The number of piperidine rings is 2. The van der Waals surface area contributed by atoms with Gasteiger partial charge in [-0.25, -0.2) is 0 Å². The van der Waals surface area contributed by atoms with Crippen LogP contribution in [0.3, 0.4) is 0 Å². The van der Waals surface area contributed by atoms with Gasteiger partial charge >= 0.3 is 0 Å². The monoisotopic (exact) mass is 447 g/mol. The summed E-state index contributed by atoms with van der Waals surface area (Å²) in [6.45, 7) is 5.14. The summed E-state index contributed by atoms with van der Waals surface area (Å²) in [5.41, 5.74) is 2.37. The predicted octanol–water partition coefficient (Wildman–Crippen LogP) is 3.17. The molecule has 0 saturated carbocycles. The quantitative estimate of drug-likeness (QED) is 0.683. The van der Waals surface area contributed by atoms with Crippen LogP contribution in [0.5, 0.6) is 5.75 Å². The number of carbonyl (C=O) groups excluding carboxylic acids is 2. The normalized spacial score (nSPS) is 25.4. The van der Waals surface area contributed by atoms with E-state index < -0.39 is 0 Å². The van der Waals surface area contributed by atoms with Gasteiger partial charge in [-0.1, -0.05) is 42.5 Å². The van der Waals surface area contributed by atoms with Crippen molar-refractivity contribution in [2.24, 2.45) is 11.8 Å². The SMILES string of the molecule is COc1ccc(CN2C(=O)CC[C@H]2C(=O)N2CC3CC(CN(Cc4ccccc4)C3)C2)cc1. The van der Waals surface area contributed by atoms with Gasteiger partial charge in [0.25, 0.3) is 0 Å². The fraction of sp³-hybridized carbons (Fsp3) is 0.481. The largest absolute Gasteiger partial charge is 0.497 e. The molecule has 2 amide bonds. The third-order valence-electron chi connectivity index (χ3n) is 7.34. The lowest BCUT2D eigenvalue weighted by atomic mass is 9.84. The number of fused-ring (bicyclic) bond motifs is 2. The molecule has 5 rings (SSSR count). The van der Waals surface area contributed by atoms with Crippen LogP contribution in [0.4, 0.5) is 0 Å². The third kappa shape index (κ3) is 4.91. The van der Waals surface area contributed by atoms with Crippen LogP contribution in [0, 0.1) is 11.8 Å². The lowest BCUT2D eigenvalue weighted by molar-refractivity contribution is -0.145. The van der Waals surface area contributed by atoms with Crippen molar-refractivity contribution in [3.63, 3.8) is 0 Å². The number of benzene rings is 2. The van der Waals surface area contributed by atoms with Crippen LogP contribution in [0.25, 0.3) is 0 Å². The van der Waals surface area contributed by atoms with Crippen LogP contribution in [0.1, 0.15) is 30.4 Å². The summed E-state index contributed by atoms with van der Waals surface area (Å²) in [5, 5.41) is 0. The molecule has 0 radical (unpaired) electrons. The molecular formula is C27H33N3O3. The lowest BCUT2D eigenvalue weighted by Gasteiger charge is -2.46. The fourth-order valence-electron chi connectivity index (χ4n) is 5.87. The van der Waals surface area contributed by atoms with Crippen molar-refractivity contribution >= 4 is 11.8 Å². The van der Waals surface area contributed by atoms with Crippen LogP contribution in [-0.2, 0) is 22.7 Å². The van der Waals surface area contributed by atoms with Crippen LogP contribution >= 0.6 is 0 Å². The molecular weight excluding hydrogens is 414 g/mol. The maximum atomic E-state index is 13.5. The summed E-state index contributed by atoms with van der Waals surface area (Å²) < 4.78 is 5.23. The molecule has 0 spiro atoms. The van der Waals surface area contributed by atoms with Gasteiger partial charge in [0, 0.05) is 45.7 Å². The highest BCUT2D eigenvalue weighted by Crippen LogP contribution is 2.32. The number of methoxy groups -OCH3 is 1. The van der Waals surface area contributed by atoms with E-state index in [2.05, 4.69) is 40.1 Å². The highest BCUT2D eigenvalue weighted by Gasteiger charge is 2.42. The zero-order chi connectivity index (χ0) is 22.8. The van der Waals surface area contributed by atoms with E-state index >= 15 is 0 Å². The molecule has 2 bridgehead atoms. The first-order valence-corrected chi connectivity index (χ1v) is 12.1. The van der Waals surface area contributed by atoms with Gasteiger partial charge in [-0.05, 0) is 47.9 Å². The molecule has 3 saturated heterocycles. The molecule has 3 aliphatic rings. The van der Waals surface area contributed by atoms with Crippen LogP contribution in [-0.4, -0.2) is 65.8 Å². The Hall–Kier alpha value is -2.86. The smallest absolute Gasteiger partial charge is 0.245 e. The summed E-state index contributed by atoms with van der Waals surface area (Å²) in [5.74, 6) is 2.03. The van der Waals surface area contributed by atoms with Gasteiger partial charge in [-0.15, -0.1) is 0 Å². The summed E-state index contributed by atoms with van der Waals surface area (Å²) >= 11 is 0. The molecule has 3 aliphatic heterocycles. The number of hydrogen-bond acceptors (Lipinski definition) is 4. The standard InChI is InChI=1S/C27H33N3O3/c1-33-24-9-7-21(8-10-24)19-30-25(11-12-26(30)31)27(32)29-17-22-13-23(18-29)16-28(15-22)14-20-5-3-2-4-6-20/h2-10,22-23,25H,11-19H2,1H3/t22?,23?,25-/m0/s1. The first-order chi connectivity index (χ1) is 16.1. The van der Waals surface area contributed by atoms with Gasteiger partial charge in [-0.2, -0.15) is 0 Å². The number of ether oxygens (including phenoxy) is 1. The second-order valence-corrected chi connectivity index (χ2v) is 9.81. The molecule has 6 heteroatoms. The fourth-order valence-corrected chi connectivity index (χ4v) is 5.87. The average Bonchev–Trinajstić information content (AvgIpc) is 3.19. The Kier molecular flexibility index (Phi) is 6.36. The van der Waals surface area contributed by atoms with Crippen molar-refractivity contribution in [3.05, 3.63) is 65.7 Å². The summed E-state index contributed by atoms with van der Waals surface area (Å²) in [4.78, 5) is 32.6. The molecule has 33 heavy (non-hydrogen) atoms. The molecule has 6 nitrogen and oxygen atoms in total. The van der Waals surface area contributed by atoms with Crippen molar-refractivity contribution in [3.8, 4) is 5.75 Å². The second-order valence-electron chi connectivity index (χ2n) is 9.81. The topological polar surface area (TPSA) is 53.1 Å². The van der Waals surface area contributed by atoms with Crippen molar-refractivity contribution in [2.75, 3.05) is 33.3 Å². The van der Waals surface area contributed by atoms with Crippen LogP contribution in [0.15, 0.2) is 54.6 Å². The maximum absolute atomic E-state index is 13.5. The van der Waals surface area contributed by atoms with E-state index in [4.69, 9.17) is 4.74 Å². The van der Waals surface area contributed by atoms with Crippen molar-refractivity contribution in [2.45, 2.75) is 38.4 Å². The summed E-state index contributed by atoms with van der Waals surface area (Å²) in [6, 6.07) is 18.0. The molecule has 0 N–H and O–H groups in total. The van der Waals surface area contributed by atoms with E-state index in [-0.39, 0.29) is 17.9 Å². The summed E-state index contributed by atoms with van der Waals surface area (Å²) in [7, 11) is 1.64. The average molecular weight is 448 g/mol. The van der Waals surface area contributed by atoms with Gasteiger partial charge in [0.1, 0.15) is 11.8 Å². The molecule has 174 valence electrons. The Morgan fingerprint density at radius 2 is 1.58 bits per heavy atom. The Morgan fingerprint density at radius 3 is 2.24 bits per heavy atom. The van der Waals surface area contributed by atoms with Gasteiger partial charge < -0.3 is 14.5 Å². The van der Waals surface area contributed by atoms with Crippen molar-refractivity contribution in [1.29, 1.82) is 0 Å². The molecule has 3 heterocycles. The Balaban J connectivity index is 1.21. The van der Waals surface area contributed by atoms with Crippen LogP contribution < -0.4 is 4.74 Å². The Labute approximate surface area is 196 Å². The van der Waals surface area contributed by atoms with Gasteiger partial charge in [0.15, 0.2) is 0 Å². The molecule has 2 aromatic carbocycles. The maximum Gasteiger partial charge on any atom is 0.245 e. The zero-order valence-corrected chi connectivity index (χ0v) is 19.4. The minimum Gasteiger partial charge on any atom is -0.497 e. The van der Waals surface area contributed by atoms with Gasteiger partial charge in [0.05, 0.1) is 7.11 Å². The second kappa shape index (κ2) is 9.56. The Bertz CT molecular complexity index is 964. The molecule has 2 aromatic rings. The first kappa shape index (κ1) is 22.0. The Morgan fingerprint density at radius 1 is 0.909 bits per heavy atom. The number of amides is 2. The molecule has 3 atom stereocenters. The number of carbonyl (C=O) groups is 2. The van der Waals surface area contributed by atoms with E-state index in [9.17, 15) is 9.59 Å². The van der Waals surface area contributed by atoms with Gasteiger partial charge in [0.2, 0.25) is 11.8 Å². The van der Waals surface area contributed by atoms with Gasteiger partial charge in [-0.3, -0.25) is 14.5 Å². The third-order valence-corrected chi connectivity index (χ3v) is 7.34. The van der Waals surface area contributed by atoms with Crippen molar-refractivity contribution in [1.82, 2.24) is 14.7 Å². The molecule has 0 aromatic heterocycles. The highest BCUT2D eigenvalue weighted by molar-refractivity contribution is 5.91. The first-order valence-electron chi connectivity index (χ1n) is 12.1. The van der Waals surface area contributed by atoms with E-state index in [0.29, 0.717) is 31.2 Å².